The number of nitrogens with zero attached hydrogens (tertiary/aromatic N) is 3. The van der Waals surface area contributed by atoms with Crippen LogP contribution in [0.4, 0.5) is 0 Å². The van der Waals surface area contributed by atoms with E-state index in [1.165, 1.54) is 17.3 Å². The van der Waals surface area contributed by atoms with Crippen LogP contribution in [0.5, 0.6) is 0 Å². The van der Waals surface area contributed by atoms with Gasteiger partial charge in [0.1, 0.15) is 6.04 Å². The first-order chi connectivity index (χ1) is 14.6. The average molecular weight is 400 g/mol. The maximum Gasteiger partial charge on any atom is 0.256 e. The Hall–Kier alpha value is -3.54. The van der Waals surface area contributed by atoms with Crippen molar-refractivity contribution in [3.8, 4) is 0 Å². The van der Waals surface area contributed by atoms with Gasteiger partial charge in [0.25, 0.3) is 5.91 Å². The van der Waals surface area contributed by atoms with Crippen LogP contribution in [-0.2, 0) is 17.6 Å². The Bertz CT molecular complexity index is 1050. The molecular formula is C24H24N4O2. The lowest BCUT2D eigenvalue weighted by atomic mass is 9.97. The summed E-state index contributed by atoms with van der Waals surface area (Å²) >= 11 is 0. The van der Waals surface area contributed by atoms with E-state index in [1.54, 1.807) is 47.8 Å². The number of amides is 2. The number of benzene rings is 1. The molecule has 2 atom stereocenters. The number of hydrogen-bond donors (Lipinski definition) is 1. The van der Waals surface area contributed by atoms with Gasteiger partial charge >= 0.3 is 0 Å². The summed E-state index contributed by atoms with van der Waals surface area (Å²) < 4.78 is 0. The van der Waals surface area contributed by atoms with Gasteiger partial charge in [-0.3, -0.25) is 19.6 Å². The molecule has 2 amide bonds. The molecule has 6 heteroatoms. The third-order valence-corrected chi connectivity index (χ3v) is 5.69. The highest BCUT2D eigenvalue weighted by Crippen LogP contribution is 2.41. The second-order valence-electron chi connectivity index (χ2n) is 7.49. The van der Waals surface area contributed by atoms with E-state index in [0.29, 0.717) is 11.1 Å². The van der Waals surface area contributed by atoms with Gasteiger partial charge in [0, 0.05) is 30.4 Å². The molecule has 30 heavy (non-hydrogen) atoms. The highest BCUT2D eigenvalue weighted by atomic mass is 16.2. The zero-order valence-corrected chi connectivity index (χ0v) is 16.9. The zero-order chi connectivity index (χ0) is 21.1. The average Bonchev–Trinajstić information content (AvgIpc) is 3.20. The molecule has 0 fully saturated rings. The Kier molecular flexibility index (Phi) is 5.57. The summed E-state index contributed by atoms with van der Waals surface area (Å²) in [5, 5.41) is 0. The van der Waals surface area contributed by atoms with Crippen molar-refractivity contribution in [1.29, 1.82) is 0 Å². The molecule has 0 unspecified atom stereocenters. The molecule has 0 radical (unpaired) electrons. The lowest BCUT2D eigenvalue weighted by Crippen LogP contribution is -2.43. The molecule has 0 saturated carbocycles. The number of nitrogens with two attached hydrogens (primary N) is 1. The number of aryl methyl sites for hydroxylation is 2. The minimum absolute atomic E-state index is 0.253. The van der Waals surface area contributed by atoms with Gasteiger partial charge in [-0.15, -0.1) is 0 Å². The van der Waals surface area contributed by atoms with Crippen molar-refractivity contribution >= 4 is 11.8 Å². The van der Waals surface area contributed by atoms with E-state index in [0.717, 1.165) is 24.8 Å². The molecule has 6 nitrogen and oxygen atoms in total. The summed E-state index contributed by atoms with van der Waals surface area (Å²) in [7, 11) is 0. The summed E-state index contributed by atoms with van der Waals surface area (Å²) in [5.41, 5.74) is 10.4. The Labute approximate surface area is 175 Å². The van der Waals surface area contributed by atoms with Crippen LogP contribution in [0.3, 0.4) is 0 Å². The van der Waals surface area contributed by atoms with E-state index in [4.69, 9.17) is 5.73 Å². The molecule has 152 valence electrons. The van der Waals surface area contributed by atoms with Crippen LogP contribution in [-0.4, -0.2) is 26.7 Å². The molecule has 2 heterocycles. The monoisotopic (exact) mass is 400 g/mol. The molecule has 0 bridgehead atoms. The number of pyridine rings is 2. The molecule has 1 aliphatic carbocycles. The van der Waals surface area contributed by atoms with Crippen molar-refractivity contribution in [1.82, 2.24) is 14.9 Å². The Morgan fingerprint density at radius 1 is 1.13 bits per heavy atom. The number of fused-ring (bicyclic) bond motifs is 1. The SMILES string of the molecule is CCc1ccc2c(c1)[C@H](N(C(=O)c1cccnc1)[C@@H](C(N)=O)c1cccnc1)CC2. The van der Waals surface area contributed by atoms with Gasteiger partial charge in [-0.2, -0.15) is 0 Å². The number of rotatable bonds is 6. The Morgan fingerprint density at radius 2 is 1.90 bits per heavy atom. The summed E-state index contributed by atoms with van der Waals surface area (Å²) in [6, 6.07) is 12.2. The van der Waals surface area contributed by atoms with Crippen LogP contribution in [0.1, 0.15) is 58.0 Å². The molecule has 1 aromatic carbocycles. The van der Waals surface area contributed by atoms with Gasteiger partial charge < -0.3 is 10.6 Å². The second-order valence-corrected chi connectivity index (χ2v) is 7.49. The van der Waals surface area contributed by atoms with Crippen LogP contribution < -0.4 is 5.73 Å². The highest BCUT2D eigenvalue weighted by molar-refractivity contribution is 5.97. The van der Waals surface area contributed by atoms with Gasteiger partial charge in [-0.1, -0.05) is 31.2 Å². The smallest absolute Gasteiger partial charge is 0.256 e. The van der Waals surface area contributed by atoms with Gasteiger partial charge in [0.2, 0.25) is 5.91 Å². The van der Waals surface area contributed by atoms with Crippen molar-refractivity contribution in [2.75, 3.05) is 0 Å². The number of primary amides is 1. The highest BCUT2D eigenvalue weighted by Gasteiger charge is 2.39. The van der Waals surface area contributed by atoms with Gasteiger partial charge in [-0.05, 0) is 54.2 Å². The van der Waals surface area contributed by atoms with Crippen LogP contribution in [0.15, 0.2) is 67.3 Å². The maximum absolute atomic E-state index is 13.7. The molecule has 0 aliphatic heterocycles. The van der Waals surface area contributed by atoms with Crippen molar-refractivity contribution in [3.63, 3.8) is 0 Å². The first kappa shape index (κ1) is 19.8. The summed E-state index contributed by atoms with van der Waals surface area (Å²) in [5.74, 6) is -0.851. The van der Waals surface area contributed by atoms with E-state index >= 15 is 0 Å². The van der Waals surface area contributed by atoms with Crippen LogP contribution >= 0.6 is 0 Å². The fourth-order valence-corrected chi connectivity index (χ4v) is 4.22. The first-order valence-electron chi connectivity index (χ1n) is 10.1. The van der Waals surface area contributed by atoms with Gasteiger partial charge in [0.05, 0.1) is 11.6 Å². The van der Waals surface area contributed by atoms with Crippen molar-refractivity contribution < 1.29 is 9.59 Å². The number of hydrogen-bond acceptors (Lipinski definition) is 4. The largest absolute Gasteiger partial charge is 0.368 e. The van der Waals surface area contributed by atoms with E-state index in [1.807, 2.05) is 0 Å². The van der Waals surface area contributed by atoms with E-state index in [-0.39, 0.29) is 11.9 Å². The lowest BCUT2D eigenvalue weighted by molar-refractivity contribution is -0.123. The van der Waals surface area contributed by atoms with Crippen LogP contribution in [0, 0.1) is 0 Å². The van der Waals surface area contributed by atoms with E-state index in [2.05, 4.69) is 35.1 Å². The predicted octanol–water partition coefficient (Wildman–Crippen LogP) is 3.40. The lowest BCUT2D eigenvalue weighted by Gasteiger charge is -2.35. The summed E-state index contributed by atoms with van der Waals surface area (Å²) in [6.45, 7) is 2.10. The summed E-state index contributed by atoms with van der Waals surface area (Å²) in [4.78, 5) is 36.2. The minimum atomic E-state index is -0.923. The Balaban J connectivity index is 1.85. The van der Waals surface area contributed by atoms with Crippen molar-refractivity contribution in [3.05, 3.63) is 95.1 Å². The predicted molar refractivity (Wildman–Crippen MR) is 113 cm³/mol. The topological polar surface area (TPSA) is 89.2 Å². The quantitative estimate of drug-likeness (QED) is 0.687. The molecule has 1 aliphatic rings. The third-order valence-electron chi connectivity index (χ3n) is 5.69. The van der Waals surface area contributed by atoms with Gasteiger partial charge in [0.15, 0.2) is 0 Å². The third kappa shape index (κ3) is 3.68. The fraction of sp³-hybridized carbons (Fsp3) is 0.250. The maximum atomic E-state index is 13.7. The number of aromatic nitrogens is 2. The molecule has 2 N–H and O–H groups in total. The van der Waals surface area contributed by atoms with Gasteiger partial charge in [-0.25, -0.2) is 0 Å². The van der Waals surface area contributed by atoms with Crippen molar-refractivity contribution in [2.45, 2.75) is 38.3 Å². The fourth-order valence-electron chi connectivity index (χ4n) is 4.22. The minimum Gasteiger partial charge on any atom is -0.368 e. The molecule has 4 rings (SSSR count). The standard InChI is InChI=1S/C24H24N4O2/c1-2-16-7-8-17-9-10-21(20(17)13-16)28(24(30)19-6-4-12-27-15-19)22(23(25)29)18-5-3-11-26-14-18/h3-8,11-15,21-22H,2,9-10H2,1H3,(H2,25,29)/t21-,22-/m1/s1. The molecule has 0 spiro atoms. The second kappa shape index (κ2) is 8.45. The van der Waals surface area contributed by atoms with Crippen LogP contribution in [0.25, 0.3) is 0 Å². The van der Waals surface area contributed by atoms with E-state index in [9.17, 15) is 9.59 Å². The molecule has 3 aromatic rings. The number of carbonyl (C=O) groups is 2. The van der Waals surface area contributed by atoms with Crippen LogP contribution in [0.2, 0.25) is 0 Å². The van der Waals surface area contributed by atoms with E-state index < -0.39 is 11.9 Å². The molecular weight excluding hydrogens is 376 g/mol. The Morgan fingerprint density at radius 3 is 2.53 bits per heavy atom. The molecule has 0 saturated heterocycles. The summed E-state index contributed by atoms with van der Waals surface area (Å²) in [6.07, 6.45) is 8.85. The number of carbonyl (C=O) groups excluding carboxylic acids is 2. The normalized spacial score (nSPS) is 16.0. The molecule has 2 aromatic heterocycles. The van der Waals surface area contributed by atoms with Crippen molar-refractivity contribution in [2.24, 2.45) is 5.73 Å². The zero-order valence-electron chi connectivity index (χ0n) is 16.9. The first-order valence-corrected chi connectivity index (χ1v) is 10.1.